The summed E-state index contributed by atoms with van der Waals surface area (Å²) < 4.78 is 0. The average molecular weight is 181 g/mol. The van der Waals surface area contributed by atoms with E-state index in [-0.39, 0.29) is 0 Å². The highest BCUT2D eigenvalue weighted by molar-refractivity contribution is 5.80. The highest BCUT2D eigenvalue weighted by Gasteiger charge is 2.20. The number of allylic oxidation sites excluding steroid dienone is 1. The monoisotopic (exact) mass is 181 g/mol. The zero-order valence-corrected chi connectivity index (χ0v) is 8.08. The summed E-state index contributed by atoms with van der Waals surface area (Å²) in [6.45, 7) is 5.96. The Morgan fingerprint density at radius 2 is 2.38 bits per heavy atom. The second-order valence-electron chi connectivity index (χ2n) is 3.55. The van der Waals surface area contributed by atoms with Crippen LogP contribution in [0.15, 0.2) is 23.9 Å². The first kappa shape index (κ1) is 9.84. The van der Waals surface area contributed by atoms with Gasteiger partial charge in [0.2, 0.25) is 0 Å². The van der Waals surface area contributed by atoms with Gasteiger partial charge in [-0.05, 0) is 13.3 Å². The van der Waals surface area contributed by atoms with E-state index in [9.17, 15) is 4.79 Å². The third-order valence-corrected chi connectivity index (χ3v) is 2.48. The van der Waals surface area contributed by atoms with Crippen molar-refractivity contribution in [3.63, 3.8) is 0 Å². The Balaban J connectivity index is 2.74. The third-order valence-electron chi connectivity index (χ3n) is 2.48. The SMILES string of the molecule is C=C1C/C(=C/C(=O)O)CC(C)N1C. The van der Waals surface area contributed by atoms with Gasteiger partial charge in [0, 0.05) is 31.3 Å². The van der Waals surface area contributed by atoms with Crippen LogP contribution in [0.1, 0.15) is 19.8 Å². The molecule has 3 heteroatoms. The van der Waals surface area contributed by atoms with Crippen molar-refractivity contribution in [2.75, 3.05) is 7.05 Å². The molecule has 0 aromatic carbocycles. The van der Waals surface area contributed by atoms with Crippen molar-refractivity contribution in [2.45, 2.75) is 25.8 Å². The highest BCUT2D eigenvalue weighted by atomic mass is 16.4. The molecule has 13 heavy (non-hydrogen) atoms. The summed E-state index contributed by atoms with van der Waals surface area (Å²) in [6, 6.07) is 0.354. The Kier molecular flexibility index (Phi) is 2.76. The van der Waals surface area contributed by atoms with E-state index in [1.54, 1.807) is 0 Å². The Hall–Kier alpha value is -1.25. The molecular formula is C10H15NO2. The largest absolute Gasteiger partial charge is 0.478 e. The van der Waals surface area contributed by atoms with Gasteiger partial charge < -0.3 is 10.0 Å². The van der Waals surface area contributed by atoms with Crippen LogP contribution in [-0.2, 0) is 4.79 Å². The van der Waals surface area contributed by atoms with E-state index in [1.165, 1.54) is 6.08 Å². The molecule has 1 aliphatic heterocycles. The summed E-state index contributed by atoms with van der Waals surface area (Å²) in [7, 11) is 1.99. The van der Waals surface area contributed by atoms with Gasteiger partial charge in [0.1, 0.15) is 0 Å². The lowest BCUT2D eigenvalue weighted by Crippen LogP contribution is -2.32. The van der Waals surface area contributed by atoms with Gasteiger partial charge in [-0.15, -0.1) is 0 Å². The van der Waals surface area contributed by atoms with Crippen LogP contribution in [0.25, 0.3) is 0 Å². The predicted octanol–water partition coefficient (Wildman–Crippen LogP) is 1.63. The van der Waals surface area contributed by atoms with Crippen molar-refractivity contribution in [2.24, 2.45) is 0 Å². The fourth-order valence-electron chi connectivity index (χ4n) is 1.57. The molecule has 0 spiro atoms. The van der Waals surface area contributed by atoms with Crippen LogP contribution in [0.3, 0.4) is 0 Å². The molecule has 0 radical (unpaired) electrons. The average Bonchev–Trinajstić information content (AvgIpc) is 1.98. The fourth-order valence-corrected chi connectivity index (χ4v) is 1.57. The number of rotatable bonds is 1. The first-order valence-corrected chi connectivity index (χ1v) is 4.33. The maximum Gasteiger partial charge on any atom is 0.328 e. The molecule has 1 unspecified atom stereocenters. The minimum atomic E-state index is -0.862. The Bertz CT molecular complexity index is 268. The number of hydrogen-bond acceptors (Lipinski definition) is 2. The van der Waals surface area contributed by atoms with E-state index in [4.69, 9.17) is 5.11 Å². The number of hydrogen-bond donors (Lipinski definition) is 1. The van der Waals surface area contributed by atoms with Gasteiger partial charge in [-0.25, -0.2) is 4.79 Å². The van der Waals surface area contributed by atoms with Crippen LogP contribution in [-0.4, -0.2) is 29.1 Å². The number of carboxylic acid groups (broad SMARTS) is 1. The first-order valence-electron chi connectivity index (χ1n) is 4.33. The number of carbonyl (C=O) groups is 1. The second-order valence-corrected chi connectivity index (χ2v) is 3.55. The molecule has 1 atom stereocenters. The van der Waals surface area contributed by atoms with Crippen molar-refractivity contribution >= 4 is 5.97 Å². The standard InChI is InChI=1S/C10H15NO2/c1-7-4-9(6-10(12)13)5-8(2)11(7)3/h6,8H,1,4-5H2,2-3H3,(H,12,13)/b9-6-. The van der Waals surface area contributed by atoms with Gasteiger partial charge in [0.05, 0.1) is 0 Å². The van der Waals surface area contributed by atoms with Gasteiger partial charge in [0.25, 0.3) is 0 Å². The summed E-state index contributed by atoms with van der Waals surface area (Å²) in [4.78, 5) is 12.5. The molecule has 0 amide bonds. The van der Waals surface area contributed by atoms with E-state index in [0.29, 0.717) is 12.5 Å². The Morgan fingerprint density at radius 1 is 1.77 bits per heavy atom. The molecule has 0 aliphatic carbocycles. The van der Waals surface area contributed by atoms with Crippen molar-refractivity contribution in [3.8, 4) is 0 Å². The van der Waals surface area contributed by atoms with Crippen LogP contribution < -0.4 is 0 Å². The summed E-state index contributed by atoms with van der Waals surface area (Å²) >= 11 is 0. The minimum absolute atomic E-state index is 0.354. The highest BCUT2D eigenvalue weighted by Crippen LogP contribution is 2.26. The van der Waals surface area contributed by atoms with E-state index in [2.05, 4.69) is 18.4 Å². The molecule has 1 heterocycles. The van der Waals surface area contributed by atoms with Crippen LogP contribution >= 0.6 is 0 Å². The maximum atomic E-state index is 10.4. The second kappa shape index (κ2) is 3.64. The number of carboxylic acids is 1. The number of likely N-dealkylation sites (tertiary alicyclic amines) is 1. The molecule has 0 aromatic rings. The van der Waals surface area contributed by atoms with Crippen molar-refractivity contribution in [1.82, 2.24) is 4.90 Å². The quantitative estimate of drug-likeness (QED) is 0.625. The van der Waals surface area contributed by atoms with Crippen molar-refractivity contribution < 1.29 is 9.90 Å². The molecule has 1 saturated heterocycles. The van der Waals surface area contributed by atoms with E-state index in [1.807, 2.05) is 7.05 Å². The molecule has 1 aliphatic rings. The van der Waals surface area contributed by atoms with Gasteiger partial charge in [-0.1, -0.05) is 12.2 Å². The normalized spacial score (nSPS) is 26.6. The number of aliphatic carboxylic acids is 1. The van der Waals surface area contributed by atoms with Crippen molar-refractivity contribution in [3.05, 3.63) is 23.9 Å². The van der Waals surface area contributed by atoms with Crippen molar-refractivity contribution in [1.29, 1.82) is 0 Å². The third kappa shape index (κ3) is 2.34. The first-order chi connectivity index (χ1) is 6.00. The minimum Gasteiger partial charge on any atom is -0.478 e. The predicted molar refractivity (Wildman–Crippen MR) is 51.3 cm³/mol. The zero-order chi connectivity index (χ0) is 10.0. The van der Waals surface area contributed by atoms with Crippen LogP contribution in [0.5, 0.6) is 0 Å². The molecule has 0 aromatic heterocycles. The summed E-state index contributed by atoms with van der Waals surface area (Å²) in [5.74, 6) is -0.862. The maximum absolute atomic E-state index is 10.4. The van der Waals surface area contributed by atoms with E-state index in [0.717, 1.165) is 17.7 Å². The molecule has 1 rings (SSSR count). The molecule has 72 valence electrons. The van der Waals surface area contributed by atoms with Crippen LogP contribution in [0.4, 0.5) is 0 Å². The lowest BCUT2D eigenvalue weighted by atomic mass is 9.96. The summed E-state index contributed by atoms with van der Waals surface area (Å²) in [5.41, 5.74) is 1.95. The fraction of sp³-hybridized carbons (Fsp3) is 0.500. The molecule has 0 saturated carbocycles. The van der Waals surface area contributed by atoms with Crippen LogP contribution in [0, 0.1) is 0 Å². The lowest BCUT2D eigenvalue weighted by molar-refractivity contribution is -0.131. The lowest BCUT2D eigenvalue weighted by Gasteiger charge is -2.34. The smallest absolute Gasteiger partial charge is 0.328 e. The molecule has 1 N–H and O–H groups in total. The van der Waals surface area contributed by atoms with Gasteiger partial charge in [0.15, 0.2) is 0 Å². The summed E-state index contributed by atoms with van der Waals surface area (Å²) in [6.07, 6.45) is 2.81. The molecular weight excluding hydrogens is 166 g/mol. The topological polar surface area (TPSA) is 40.5 Å². The number of nitrogens with zero attached hydrogens (tertiary/aromatic N) is 1. The molecule has 1 fully saturated rings. The summed E-state index contributed by atoms with van der Waals surface area (Å²) in [5, 5.41) is 8.58. The Labute approximate surface area is 78.4 Å². The number of piperidine rings is 1. The van der Waals surface area contributed by atoms with Gasteiger partial charge >= 0.3 is 5.97 Å². The Morgan fingerprint density at radius 3 is 2.85 bits per heavy atom. The zero-order valence-electron chi connectivity index (χ0n) is 8.08. The van der Waals surface area contributed by atoms with E-state index < -0.39 is 5.97 Å². The van der Waals surface area contributed by atoms with Gasteiger partial charge in [-0.3, -0.25) is 0 Å². The van der Waals surface area contributed by atoms with E-state index >= 15 is 0 Å². The van der Waals surface area contributed by atoms with Gasteiger partial charge in [-0.2, -0.15) is 0 Å². The molecule has 3 nitrogen and oxygen atoms in total. The van der Waals surface area contributed by atoms with Crippen LogP contribution in [0.2, 0.25) is 0 Å². The molecule has 0 bridgehead atoms.